The highest BCUT2D eigenvalue weighted by molar-refractivity contribution is 5.76. The average molecular weight is 959 g/mol. The van der Waals surface area contributed by atoms with Crippen molar-refractivity contribution < 1.29 is 24.5 Å². The highest BCUT2D eigenvalue weighted by Gasteiger charge is 2.18. The van der Waals surface area contributed by atoms with Crippen LogP contribution in [-0.4, -0.2) is 47.4 Å². The first-order valence-corrected chi connectivity index (χ1v) is 30.6. The number of unbranched alkanes of at least 4 members (excludes halogenated alkanes) is 44. The summed E-state index contributed by atoms with van der Waals surface area (Å²) in [4.78, 5) is 24.6. The third kappa shape index (κ3) is 53.7. The highest BCUT2D eigenvalue weighted by atomic mass is 16.5. The summed E-state index contributed by atoms with van der Waals surface area (Å²) in [5.74, 6) is -0.122. The summed E-state index contributed by atoms with van der Waals surface area (Å²) in [5.41, 5.74) is 0. The monoisotopic (exact) mass is 958 g/mol. The van der Waals surface area contributed by atoms with Crippen molar-refractivity contribution in [1.29, 1.82) is 0 Å². The summed E-state index contributed by atoms with van der Waals surface area (Å²) in [6.07, 6.45) is 70.7. The largest absolute Gasteiger partial charge is 0.466 e. The molecule has 0 aromatic carbocycles. The second-order valence-corrected chi connectivity index (χ2v) is 21.0. The first-order valence-electron chi connectivity index (χ1n) is 30.6. The van der Waals surface area contributed by atoms with Gasteiger partial charge in [0.1, 0.15) is 0 Å². The van der Waals surface area contributed by atoms with Crippen LogP contribution in [0, 0.1) is 0 Å². The summed E-state index contributed by atoms with van der Waals surface area (Å²) in [7, 11) is 0. The molecule has 0 heterocycles. The standard InChI is InChI=1S/C62H119NO5/c1-3-5-7-9-11-13-15-17-19-21-22-23-24-25-26-28-29-31-34-38-42-46-50-54-60(65)59(58-64)63-61(66)55-51-47-43-39-35-33-37-41-45-49-53-57-68-62(67)56-52-48-44-40-36-32-30-27-20-18-16-14-12-10-8-6-4-2/h37,41,50,54,59-60,64-65H,3-36,38-40,42-49,51-53,55-58H2,1-2H3,(H,63,66)/b41-37-,54-50+. The molecule has 0 saturated heterocycles. The SMILES string of the molecule is CCCCCCCCCCCCCCCCCCCCCCC/C=C/C(O)C(CO)NC(=O)CCCCCCC/C=C\CCCCOC(=O)CCCCCCCCCCCCCCCCCCC. The fourth-order valence-electron chi connectivity index (χ4n) is 9.51. The zero-order valence-electron chi connectivity index (χ0n) is 45.9. The molecule has 402 valence electrons. The summed E-state index contributed by atoms with van der Waals surface area (Å²) in [6, 6.07) is -0.649. The molecular weight excluding hydrogens is 839 g/mol. The smallest absolute Gasteiger partial charge is 0.305 e. The molecule has 0 aromatic heterocycles. The van der Waals surface area contributed by atoms with Gasteiger partial charge in [0, 0.05) is 12.8 Å². The van der Waals surface area contributed by atoms with Gasteiger partial charge in [0.2, 0.25) is 5.91 Å². The van der Waals surface area contributed by atoms with Crippen molar-refractivity contribution >= 4 is 11.9 Å². The Morgan fingerprint density at radius 3 is 1.04 bits per heavy atom. The van der Waals surface area contributed by atoms with Gasteiger partial charge in [0.05, 0.1) is 25.4 Å². The normalized spacial score (nSPS) is 12.7. The van der Waals surface area contributed by atoms with Gasteiger partial charge in [-0.3, -0.25) is 9.59 Å². The van der Waals surface area contributed by atoms with E-state index in [1.165, 1.54) is 225 Å². The minimum atomic E-state index is -0.863. The molecule has 6 nitrogen and oxygen atoms in total. The molecule has 0 aromatic rings. The maximum absolute atomic E-state index is 12.5. The van der Waals surface area contributed by atoms with Crippen LogP contribution in [0.1, 0.15) is 335 Å². The molecule has 3 N–H and O–H groups in total. The summed E-state index contributed by atoms with van der Waals surface area (Å²) >= 11 is 0. The molecule has 0 rings (SSSR count). The van der Waals surface area contributed by atoms with Crippen LogP contribution in [0.25, 0.3) is 0 Å². The van der Waals surface area contributed by atoms with E-state index in [1.54, 1.807) is 6.08 Å². The van der Waals surface area contributed by atoms with Crippen LogP contribution in [0.3, 0.4) is 0 Å². The molecule has 0 radical (unpaired) electrons. The Balaban J connectivity index is 3.51. The number of aliphatic hydroxyl groups is 2. The fraction of sp³-hybridized carbons (Fsp3) is 0.903. The molecule has 2 unspecified atom stereocenters. The van der Waals surface area contributed by atoms with Crippen LogP contribution in [0.4, 0.5) is 0 Å². The van der Waals surface area contributed by atoms with Crippen molar-refractivity contribution in [2.75, 3.05) is 13.2 Å². The Labute approximate surface area is 424 Å². The molecule has 0 fully saturated rings. The molecule has 0 spiro atoms. The van der Waals surface area contributed by atoms with Gasteiger partial charge in [-0.15, -0.1) is 0 Å². The number of carbonyl (C=O) groups excluding carboxylic acids is 2. The Bertz CT molecular complexity index is 1060. The minimum Gasteiger partial charge on any atom is -0.466 e. The quantitative estimate of drug-likeness (QED) is 0.0321. The predicted octanol–water partition coefficient (Wildman–Crippen LogP) is 19.0. The van der Waals surface area contributed by atoms with Crippen molar-refractivity contribution in [2.24, 2.45) is 0 Å². The topological polar surface area (TPSA) is 95.9 Å². The third-order valence-electron chi connectivity index (χ3n) is 14.2. The lowest BCUT2D eigenvalue weighted by molar-refractivity contribution is -0.143. The molecular formula is C62H119NO5. The Kier molecular flexibility index (Phi) is 56.5. The molecule has 0 aliphatic rings. The summed E-state index contributed by atoms with van der Waals surface area (Å²) < 4.78 is 5.46. The van der Waals surface area contributed by atoms with Crippen LogP contribution in [0.5, 0.6) is 0 Å². The van der Waals surface area contributed by atoms with Gasteiger partial charge in [-0.05, 0) is 57.8 Å². The van der Waals surface area contributed by atoms with Gasteiger partial charge in [0.15, 0.2) is 0 Å². The number of allylic oxidation sites excluding steroid dienone is 3. The number of carbonyl (C=O) groups is 2. The summed E-state index contributed by atoms with van der Waals surface area (Å²) in [5, 5.41) is 23.2. The van der Waals surface area contributed by atoms with Gasteiger partial charge in [-0.25, -0.2) is 0 Å². The fourth-order valence-corrected chi connectivity index (χ4v) is 9.51. The molecule has 0 aliphatic carbocycles. The first-order chi connectivity index (χ1) is 33.5. The van der Waals surface area contributed by atoms with E-state index in [0.717, 1.165) is 83.5 Å². The van der Waals surface area contributed by atoms with E-state index >= 15 is 0 Å². The predicted molar refractivity (Wildman–Crippen MR) is 296 cm³/mol. The van der Waals surface area contributed by atoms with E-state index in [0.29, 0.717) is 19.4 Å². The minimum absolute atomic E-state index is 0.0283. The maximum atomic E-state index is 12.5. The first kappa shape index (κ1) is 66.3. The molecule has 0 saturated carbocycles. The van der Waals surface area contributed by atoms with Gasteiger partial charge in [-0.1, -0.05) is 289 Å². The van der Waals surface area contributed by atoms with Crippen molar-refractivity contribution in [2.45, 2.75) is 347 Å². The van der Waals surface area contributed by atoms with Crippen molar-refractivity contribution in [3.05, 3.63) is 24.3 Å². The Morgan fingerprint density at radius 1 is 0.397 bits per heavy atom. The van der Waals surface area contributed by atoms with Crippen molar-refractivity contribution in [3.63, 3.8) is 0 Å². The van der Waals surface area contributed by atoms with Crippen LogP contribution < -0.4 is 5.32 Å². The van der Waals surface area contributed by atoms with E-state index in [1.807, 2.05) is 6.08 Å². The van der Waals surface area contributed by atoms with Crippen molar-refractivity contribution in [1.82, 2.24) is 5.32 Å². The van der Waals surface area contributed by atoms with Crippen LogP contribution >= 0.6 is 0 Å². The van der Waals surface area contributed by atoms with Crippen LogP contribution in [-0.2, 0) is 14.3 Å². The van der Waals surface area contributed by atoms with E-state index in [9.17, 15) is 19.8 Å². The van der Waals surface area contributed by atoms with E-state index < -0.39 is 12.1 Å². The highest BCUT2D eigenvalue weighted by Crippen LogP contribution is 2.18. The number of aliphatic hydroxyl groups excluding tert-OH is 2. The average Bonchev–Trinajstić information content (AvgIpc) is 3.34. The molecule has 0 aliphatic heterocycles. The van der Waals surface area contributed by atoms with Gasteiger partial charge >= 0.3 is 5.97 Å². The second-order valence-electron chi connectivity index (χ2n) is 21.0. The van der Waals surface area contributed by atoms with Crippen molar-refractivity contribution in [3.8, 4) is 0 Å². The second kappa shape index (κ2) is 57.9. The zero-order chi connectivity index (χ0) is 49.3. The molecule has 1 amide bonds. The van der Waals surface area contributed by atoms with Crippen LogP contribution in [0.15, 0.2) is 24.3 Å². The number of rotatable bonds is 57. The number of ether oxygens (including phenoxy) is 1. The Hall–Kier alpha value is -1.66. The van der Waals surface area contributed by atoms with Gasteiger partial charge < -0.3 is 20.3 Å². The maximum Gasteiger partial charge on any atom is 0.305 e. The number of amides is 1. The van der Waals surface area contributed by atoms with E-state index in [4.69, 9.17) is 4.74 Å². The third-order valence-corrected chi connectivity index (χ3v) is 14.2. The van der Waals surface area contributed by atoms with Gasteiger partial charge in [-0.2, -0.15) is 0 Å². The van der Waals surface area contributed by atoms with Crippen LogP contribution in [0.2, 0.25) is 0 Å². The molecule has 0 bridgehead atoms. The number of hydrogen-bond acceptors (Lipinski definition) is 5. The number of hydrogen-bond donors (Lipinski definition) is 3. The summed E-state index contributed by atoms with van der Waals surface area (Å²) in [6.45, 7) is 4.86. The molecule has 6 heteroatoms. The number of esters is 1. The lowest BCUT2D eigenvalue weighted by atomic mass is 10.0. The van der Waals surface area contributed by atoms with Gasteiger partial charge in [0.25, 0.3) is 0 Å². The molecule has 2 atom stereocenters. The lowest BCUT2D eigenvalue weighted by Gasteiger charge is -2.20. The molecule has 68 heavy (non-hydrogen) atoms. The Morgan fingerprint density at radius 2 is 0.691 bits per heavy atom. The zero-order valence-corrected chi connectivity index (χ0v) is 45.9. The van der Waals surface area contributed by atoms with E-state index in [2.05, 4.69) is 31.3 Å². The number of nitrogens with one attached hydrogen (secondary N) is 1. The lowest BCUT2D eigenvalue weighted by Crippen LogP contribution is -2.45. The van der Waals surface area contributed by atoms with E-state index in [-0.39, 0.29) is 18.5 Å².